The summed E-state index contributed by atoms with van der Waals surface area (Å²) >= 11 is 3.37. The van der Waals surface area contributed by atoms with E-state index in [1.807, 2.05) is 12.1 Å². The van der Waals surface area contributed by atoms with Crippen molar-refractivity contribution in [2.24, 2.45) is 0 Å². The smallest absolute Gasteiger partial charge is 0.160 e. The summed E-state index contributed by atoms with van der Waals surface area (Å²) in [7, 11) is 0. The minimum Gasteiger partial charge on any atom is -0.494 e. The Balaban J connectivity index is 2.56. The van der Waals surface area contributed by atoms with Crippen LogP contribution in [0.1, 0.15) is 43.5 Å². The lowest BCUT2D eigenvalue weighted by atomic mass is 10.1. The van der Waals surface area contributed by atoms with E-state index in [2.05, 4.69) is 22.9 Å². The molecule has 0 aliphatic rings. The summed E-state index contributed by atoms with van der Waals surface area (Å²) in [5.41, 5.74) is 0.695. The van der Waals surface area contributed by atoms with Crippen molar-refractivity contribution in [3.8, 4) is 5.75 Å². The van der Waals surface area contributed by atoms with Crippen LogP contribution in [-0.2, 0) is 0 Å². The summed E-state index contributed by atoms with van der Waals surface area (Å²) in [5.74, 6) is 0.873. The van der Waals surface area contributed by atoms with E-state index in [1.165, 1.54) is 12.8 Å². The lowest BCUT2D eigenvalue weighted by Crippen LogP contribution is -1.99. The zero-order valence-electron chi connectivity index (χ0n) is 9.75. The van der Waals surface area contributed by atoms with Gasteiger partial charge in [-0.05, 0) is 47.5 Å². The van der Waals surface area contributed by atoms with Crippen LogP contribution in [0.25, 0.3) is 0 Å². The number of rotatable bonds is 6. The number of Topliss-reactive ketones (excluding diaryl/α,β-unsaturated/α-hetero) is 1. The normalized spacial score (nSPS) is 10.2. The highest BCUT2D eigenvalue weighted by Gasteiger charge is 2.05. The monoisotopic (exact) mass is 284 g/mol. The molecule has 0 saturated heterocycles. The van der Waals surface area contributed by atoms with Gasteiger partial charge in [0.2, 0.25) is 0 Å². The van der Waals surface area contributed by atoms with Gasteiger partial charge in [0.05, 0.1) is 6.61 Å². The second-order valence-corrected chi connectivity index (χ2v) is 4.61. The SMILES string of the molecule is CCCCCOc1ccc(C(C)=O)c(Br)c1. The minimum atomic E-state index is 0.0596. The molecular formula is C13H17BrO2. The van der Waals surface area contributed by atoms with Crippen molar-refractivity contribution in [2.75, 3.05) is 6.61 Å². The number of carbonyl (C=O) groups excluding carboxylic acids is 1. The lowest BCUT2D eigenvalue weighted by Gasteiger charge is -2.07. The van der Waals surface area contributed by atoms with Crippen LogP contribution in [-0.4, -0.2) is 12.4 Å². The van der Waals surface area contributed by atoms with Gasteiger partial charge in [0.15, 0.2) is 5.78 Å². The molecule has 0 fully saturated rings. The van der Waals surface area contributed by atoms with Crippen molar-refractivity contribution in [1.29, 1.82) is 0 Å². The van der Waals surface area contributed by atoms with E-state index in [9.17, 15) is 4.79 Å². The van der Waals surface area contributed by atoms with Crippen LogP contribution in [0.5, 0.6) is 5.75 Å². The highest BCUT2D eigenvalue weighted by molar-refractivity contribution is 9.10. The van der Waals surface area contributed by atoms with Crippen LogP contribution in [0, 0.1) is 0 Å². The number of ketones is 1. The van der Waals surface area contributed by atoms with Crippen LogP contribution in [0.15, 0.2) is 22.7 Å². The molecule has 0 spiro atoms. The number of halogens is 1. The Morgan fingerprint density at radius 1 is 1.38 bits per heavy atom. The number of carbonyl (C=O) groups is 1. The second-order valence-electron chi connectivity index (χ2n) is 3.75. The molecule has 0 aliphatic carbocycles. The number of hydrogen-bond acceptors (Lipinski definition) is 2. The summed E-state index contributed by atoms with van der Waals surface area (Å²) < 4.78 is 6.38. The van der Waals surface area contributed by atoms with Gasteiger partial charge in [-0.25, -0.2) is 0 Å². The van der Waals surface area contributed by atoms with Crippen molar-refractivity contribution in [1.82, 2.24) is 0 Å². The maximum Gasteiger partial charge on any atom is 0.160 e. The van der Waals surface area contributed by atoms with E-state index in [0.29, 0.717) is 5.56 Å². The topological polar surface area (TPSA) is 26.3 Å². The maximum atomic E-state index is 11.2. The van der Waals surface area contributed by atoms with Crippen LogP contribution in [0.3, 0.4) is 0 Å². The molecule has 0 amide bonds. The van der Waals surface area contributed by atoms with Crippen LogP contribution < -0.4 is 4.74 Å². The maximum absolute atomic E-state index is 11.2. The summed E-state index contributed by atoms with van der Waals surface area (Å²) in [5, 5.41) is 0. The van der Waals surface area contributed by atoms with Crippen molar-refractivity contribution in [2.45, 2.75) is 33.1 Å². The van der Waals surface area contributed by atoms with Crippen LogP contribution in [0.2, 0.25) is 0 Å². The predicted molar refractivity (Wildman–Crippen MR) is 69.2 cm³/mol. The molecule has 88 valence electrons. The van der Waals surface area contributed by atoms with Gasteiger partial charge in [-0.15, -0.1) is 0 Å². The first-order valence-electron chi connectivity index (χ1n) is 5.58. The van der Waals surface area contributed by atoms with Gasteiger partial charge >= 0.3 is 0 Å². The first kappa shape index (κ1) is 13.2. The van der Waals surface area contributed by atoms with Gasteiger partial charge in [0.1, 0.15) is 5.75 Å². The molecule has 0 unspecified atom stereocenters. The Kier molecular flexibility index (Phi) is 5.53. The molecule has 0 radical (unpaired) electrons. The summed E-state index contributed by atoms with van der Waals surface area (Å²) in [6.07, 6.45) is 3.45. The van der Waals surface area contributed by atoms with Crippen molar-refractivity contribution in [3.05, 3.63) is 28.2 Å². The van der Waals surface area contributed by atoms with Gasteiger partial charge in [-0.2, -0.15) is 0 Å². The molecule has 0 N–H and O–H groups in total. The van der Waals surface area contributed by atoms with Crippen molar-refractivity contribution >= 4 is 21.7 Å². The molecular weight excluding hydrogens is 268 g/mol. The van der Waals surface area contributed by atoms with E-state index >= 15 is 0 Å². The quantitative estimate of drug-likeness (QED) is 0.577. The Bertz CT molecular complexity index is 361. The molecule has 0 heterocycles. The summed E-state index contributed by atoms with van der Waals surface area (Å²) in [4.78, 5) is 11.2. The Labute approximate surface area is 105 Å². The average Bonchev–Trinajstić information content (AvgIpc) is 2.24. The first-order chi connectivity index (χ1) is 7.65. The standard InChI is InChI=1S/C13H17BrO2/c1-3-4-5-8-16-11-6-7-12(10(2)15)13(14)9-11/h6-7,9H,3-5,8H2,1-2H3. The molecule has 1 aromatic rings. The van der Waals surface area contributed by atoms with Gasteiger partial charge in [0, 0.05) is 10.0 Å². The summed E-state index contributed by atoms with van der Waals surface area (Å²) in [6, 6.07) is 5.48. The molecule has 0 atom stereocenters. The molecule has 0 bridgehead atoms. The molecule has 0 saturated carbocycles. The fraction of sp³-hybridized carbons (Fsp3) is 0.462. The van der Waals surface area contributed by atoms with E-state index in [4.69, 9.17) is 4.74 Å². The summed E-state index contributed by atoms with van der Waals surface area (Å²) in [6.45, 7) is 4.46. The molecule has 1 rings (SSSR count). The van der Waals surface area contributed by atoms with E-state index in [0.717, 1.165) is 23.2 Å². The largest absolute Gasteiger partial charge is 0.494 e. The highest BCUT2D eigenvalue weighted by atomic mass is 79.9. The number of benzene rings is 1. The van der Waals surface area contributed by atoms with E-state index in [-0.39, 0.29) is 5.78 Å². The zero-order chi connectivity index (χ0) is 12.0. The van der Waals surface area contributed by atoms with Crippen molar-refractivity contribution in [3.63, 3.8) is 0 Å². The van der Waals surface area contributed by atoms with Gasteiger partial charge in [-0.3, -0.25) is 4.79 Å². The van der Waals surface area contributed by atoms with Gasteiger partial charge in [0.25, 0.3) is 0 Å². The van der Waals surface area contributed by atoms with Gasteiger partial charge in [-0.1, -0.05) is 19.8 Å². The Hall–Kier alpha value is -0.830. The Morgan fingerprint density at radius 3 is 2.69 bits per heavy atom. The van der Waals surface area contributed by atoms with Crippen molar-refractivity contribution < 1.29 is 9.53 Å². The third kappa shape index (κ3) is 3.97. The fourth-order valence-corrected chi connectivity index (χ4v) is 2.05. The molecule has 3 heteroatoms. The second kappa shape index (κ2) is 6.69. The lowest BCUT2D eigenvalue weighted by molar-refractivity contribution is 0.101. The minimum absolute atomic E-state index is 0.0596. The average molecular weight is 285 g/mol. The highest BCUT2D eigenvalue weighted by Crippen LogP contribution is 2.23. The van der Waals surface area contributed by atoms with Gasteiger partial charge < -0.3 is 4.74 Å². The molecule has 0 aliphatic heterocycles. The van der Waals surface area contributed by atoms with E-state index < -0.39 is 0 Å². The fourth-order valence-electron chi connectivity index (χ4n) is 1.41. The zero-order valence-corrected chi connectivity index (χ0v) is 11.3. The molecule has 16 heavy (non-hydrogen) atoms. The number of unbranched alkanes of at least 4 members (excludes halogenated alkanes) is 2. The third-order valence-electron chi connectivity index (χ3n) is 2.34. The number of hydrogen-bond donors (Lipinski definition) is 0. The Morgan fingerprint density at radius 2 is 2.12 bits per heavy atom. The molecule has 1 aromatic carbocycles. The third-order valence-corrected chi connectivity index (χ3v) is 2.99. The van der Waals surface area contributed by atoms with Crippen LogP contribution >= 0.6 is 15.9 Å². The molecule has 0 aromatic heterocycles. The molecule has 2 nitrogen and oxygen atoms in total. The predicted octanol–water partition coefficient (Wildman–Crippen LogP) is 4.22. The van der Waals surface area contributed by atoms with E-state index in [1.54, 1.807) is 13.0 Å². The number of ether oxygens (including phenoxy) is 1. The first-order valence-corrected chi connectivity index (χ1v) is 6.37. The van der Waals surface area contributed by atoms with Crippen LogP contribution in [0.4, 0.5) is 0 Å².